The van der Waals surface area contributed by atoms with Gasteiger partial charge in [-0.2, -0.15) is 4.74 Å². The summed E-state index contributed by atoms with van der Waals surface area (Å²) >= 11 is 0. The van der Waals surface area contributed by atoms with Crippen LogP contribution in [-0.2, 0) is 16.0 Å². The van der Waals surface area contributed by atoms with Gasteiger partial charge in [-0.25, -0.2) is 0 Å². The van der Waals surface area contributed by atoms with E-state index in [1.165, 1.54) is 11.0 Å². The second-order valence-electron chi connectivity index (χ2n) is 6.29. The molecule has 1 unspecified atom stereocenters. The van der Waals surface area contributed by atoms with Crippen LogP contribution in [-0.4, -0.2) is 35.1 Å². The lowest BCUT2D eigenvalue weighted by atomic mass is 10.0. The number of nitrogens with zero attached hydrogens (tertiary/aromatic N) is 1. The van der Waals surface area contributed by atoms with Gasteiger partial charge in [0.05, 0.1) is 12.1 Å². The fraction of sp³-hybridized carbons (Fsp3) is 0.786. The van der Waals surface area contributed by atoms with E-state index in [-0.39, 0.29) is 11.2 Å². The third-order valence-corrected chi connectivity index (χ3v) is 3.26. The molecule has 1 aromatic rings. The summed E-state index contributed by atoms with van der Waals surface area (Å²) in [7, 11) is 0. The number of hydrogen-bond donors (Lipinski definition) is 2. The van der Waals surface area contributed by atoms with E-state index in [4.69, 9.17) is 14.0 Å². The summed E-state index contributed by atoms with van der Waals surface area (Å²) < 4.78 is 17.2. The summed E-state index contributed by atoms with van der Waals surface area (Å²) in [6.45, 7) is 7.43. The number of nitrogens with one attached hydrogen (secondary N) is 1. The van der Waals surface area contributed by atoms with Gasteiger partial charge in [-0.15, -0.1) is 0 Å². The summed E-state index contributed by atoms with van der Waals surface area (Å²) in [4.78, 5) is 12.2. The molecule has 21 heavy (non-hydrogen) atoms. The summed E-state index contributed by atoms with van der Waals surface area (Å²) in [6.07, 6.45) is 1.89. The molecule has 120 valence electrons. The maximum absolute atomic E-state index is 12.2. The smallest absolute Gasteiger partial charge is 0.305 e. The van der Waals surface area contributed by atoms with E-state index in [9.17, 15) is 9.90 Å². The molecule has 0 aliphatic carbocycles. The van der Waals surface area contributed by atoms with Crippen molar-refractivity contribution in [2.75, 3.05) is 18.5 Å². The molecule has 1 fully saturated rings. The van der Waals surface area contributed by atoms with E-state index in [1.54, 1.807) is 0 Å². The molecule has 2 heterocycles. The third kappa shape index (κ3) is 4.87. The Morgan fingerprint density at radius 3 is 2.76 bits per heavy atom. The predicted octanol–water partition coefficient (Wildman–Crippen LogP) is 1.37. The first-order valence-electron chi connectivity index (χ1n) is 7.24. The van der Waals surface area contributed by atoms with Gasteiger partial charge < -0.3 is 24.4 Å². The fourth-order valence-corrected chi connectivity index (χ4v) is 2.23. The highest BCUT2D eigenvalue weighted by molar-refractivity contribution is 5.36. The van der Waals surface area contributed by atoms with Crippen molar-refractivity contribution in [2.24, 2.45) is 5.92 Å². The third-order valence-electron chi connectivity index (χ3n) is 3.26. The molecule has 1 aromatic heterocycles. The molecule has 2 rings (SSSR count). The maximum Gasteiger partial charge on any atom is 0.305 e. The van der Waals surface area contributed by atoms with Crippen molar-refractivity contribution >= 4 is 5.69 Å². The number of rotatable bonds is 5. The van der Waals surface area contributed by atoms with Crippen molar-refractivity contribution in [1.82, 2.24) is 4.74 Å². The normalized spacial score (nSPS) is 18.7. The molecule has 2 N–H and O–H groups in total. The van der Waals surface area contributed by atoms with Gasteiger partial charge in [0.1, 0.15) is 12.0 Å². The average molecular weight is 300 g/mol. The lowest BCUT2D eigenvalue weighted by Crippen LogP contribution is -2.34. The largest absolute Gasteiger partial charge is 0.382 e. The maximum atomic E-state index is 12.2. The quantitative estimate of drug-likeness (QED) is 0.799. The van der Waals surface area contributed by atoms with Crippen molar-refractivity contribution in [2.45, 2.75) is 52.2 Å². The highest BCUT2D eigenvalue weighted by Gasteiger charge is 2.20. The van der Waals surface area contributed by atoms with Crippen LogP contribution in [0.1, 0.15) is 33.6 Å². The van der Waals surface area contributed by atoms with E-state index < -0.39 is 12.0 Å². The minimum Gasteiger partial charge on any atom is -0.382 e. The van der Waals surface area contributed by atoms with Crippen LogP contribution in [0.3, 0.4) is 0 Å². The van der Waals surface area contributed by atoms with E-state index >= 15 is 0 Å². The Balaban J connectivity index is 1.95. The van der Waals surface area contributed by atoms with Gasteiger partial charge in [0.2, 0.25) is 6.41 Å². The highest BCUT2D eigenvalue weighted by atomic mass is 16.6. The van der Waals surface area contributed by atoms with Crippen molar-refractivity contribution in [3.8, 4) is 0 Å². The standard InChI is InChI=1S/C14H24N2O5/c1-14(2,3)21-13(18)15-11-9-20-16(12(11)17)8-10-4-6-19-7-5-10/h9-10,13,15,18H,4-8H2,1-3H3. The molecular weight excluding hydrogens is 276 g/mol. The minimum atomic E-state index is -1.26. The first-order chi connectivity index (χ1) is 9.85. The topological polar surface area (TPSA) is 85.9 Å². The Kier molecular flexibility index (Phi) is 5.08. The van der Waals surface area contributed by atoms with Gasteiger partial charge in [0, 0.05) is 13.2 Å². The van der Waals surface area contributed by atoms with E-state index in [0.29, 0.717) is 12.5 Å². The average Bonchev–Trinajstić information content (AvgIpc) is 2.70. The molecule has 0 spiro atoms. The Hall–Kier alpha value is -1.31. The molecule has 0 amide bonds. The summed E-state index contributed by atoms with van der Waals surface area (Å²) in [5.74, 6) is 0.381. The van der Waals surface area contributed by atoms with Gasteiger partial charge >= 0.3 is 5.56 Å². The SMILES string of the molecule is CC(C)(C)OC(O)Nc1con(CC2CCOCC2)c1=O. The molecule has 0 aromatic carbocycles. The number of anilines is 1. The van der Waals surface area contributed by atoms with Crippen molar-refractivity contribution < 1.29 is 19.1 Å². The Morgan fingerprint density at radius 2 is 2.14 bits per heavy atom. The molecular formula is C14H24N2O5. The zero-order valence-electron chi connectivity index (χ0n) is 12.8. The van der Waals surface area contributed by atoms with Crippen LogP contribution in [0.25, 0.3) is 0 Å². The van der Waals surface area contributed by atoms with Crippen molar-refractivity contribution in [3.05, 3.63) is 16.6 Å². The van der Waals surface area contributed by atoms with Crippen molar-refractivity contribution in [3.63, 3.8) is 0 Å². The van der Waals surface area contributed by atoms with Crippen LogP contribution >= 0.6 is 0 Å². The molecule has 0 bridgehead atoms. The van der Waals surface area contributed by atoms with Gasteiger partial charge in [-0.3, -0.25) is 4.79 Å². The first kappa shape index (κ1) is 16.1. The highest BCUT2D eigenvalue weighted by Crippen LogP contribution is 2.17. The van der Waals surface area contributed by atoms with Crippen LogP contribution in [0.5, 0.6) is 0 Å². The fourth-order valence-electron chi connectivity index (χ4n) is 2.23. The lowest BCUT2D eigenvalue weighted by molar-refractivity contribution is -0.148. The second kappa shape index (κ2) is 6.64. The minimum absolute atomic E-state index is 0.193. The Bertz CT molecular complexity index is 496. The molecule has 0 saturated carbocycles. The molecule has 1 aliphatic heterocycles. The van der Waals surface area contributed by atoms with Crippen LogP contribution in [0.15, 0.2) is 15.6 Å². The van der Waals surface area contributed by atoms with E-state index in [0.717, 1.165) is 26.1 Å². The second-order valence-corrected chi connectivity index (χ2v) is 6.29. The van der Waals surface area contributed by atoms with Crippen LogP contribution in [0, 0.1) is 5.92 Å². The van der Waals surface area contributed by atoms with Crippen LogP contribution in [0.2, 0.25) is 0 Å². The summed E-state index contributed by atoms with van der Waals surface area (Å²) in [6, 6.07) is 0. The predicted molar refractivity (Wildman–Crippen MR) is 77.0 cm³/mol. The molecule has 7 nitrogen and oxygen atoms in total. The summed E-state index contributed by atoms with van der Waals surface area (Å²) in [5, 5.41) is 12.4. The molecule has 1 aliphatic rings. The molecule has 7 heteroatoms. The zero-order valence-corrected chi connectivity index (χ0v) is 12.8. The number of hydrogen-bond acceptors (Lipinski definition) is 6. The van der Waals surface area contributed by atoms with Gasteiger partial charge in [0.25, 0.3) is 0 Å². The lowest BCUT2D eigenvalue weighted by Gasteiger charge is -2.24. The number of ether oxygens (including phenoxy) is 2. The monoisotopic (exact) mass is 300 g/mol. The molecule has 1 atom stereocenters. The van der Waals surface area contributed by atoms with Gasteiger partial charge in [-0.05, 0) is 39.5 Å². The number of aliphatic hydroxyl groups is 1. The van der Waals surface area contributed by atoms with Crippen LogP contribution in [0.4, 0.5) is 5.69 Å². The summed E-state index contributed by atoms with van der Waals surface area (Å²) in [5.41, 5.74) is -0.617. The Labute approximate surface area is 123 Å². The first-order valence-corrected chi connectivity index (χ1v) is 7.24. The van der Waals surface area contributed by atoms with E-state index in [1.807, 2.05) is 20.8 Å². The number of aliphatic hydroxyl groups excluding tert-OH is 1. The van der Waals surface area contributed by atoms with Crippen LogP contribution < -0.4 is 10.9 Å². The molecule has 1 saturated heterocycles. The van der Waals surface area contributed by atoms with E-state index in [2.05, 4.69) is 5.32 Å². The van der Waals surface area contributed by atoms with Gasteiger partial charge in [-0.1, -0.05) is 0 Å². The number of aromatic nitrogens is 1. The van der Waals surface area contributed by atoms with Gasteiger partial charge in [0.15, 0.2) is 0 Å². The zero-order chi connectivity index (χ0) is 15.5. The molecule has 0 radical (unpaired) electrons. The van der Waals surface area contributed by atoms with Crippen molar-refractivity contribution in [1.29, 1.82) is 0 Å². The Morgan fingerprint density at radius 1 is 1.48 bits per heavy atom.